The molecule has 1 aromatic carbocycles. The molecular weight excluding hydrogens is 316 g/mol. The van der Waals surface area contributed by atoms with Gasteiger partial charge in [-0.1, -0.05) is 62.1 Å². The van der Waals surface area contributed by atoms with Gasteiger partial charge < -0.3 is 10.2 Å². The number of hydrogen-bond donors (Lipinski definition) is 1. The second-order valence-corrected chi connectivity index (χ2v) is 7.62. The van der Waals surface area contributed by atoms with Crippen molar-refractivity contribution in [2.24, 2.45) is 0 Å². The monoisotopic (exact) mass is 352 g/mol. The van der Waals surface area contributed by atoms with Gasteiger partial charge in [0.25, 0.3) is 0 Å². The average molecular weight is 353 g/mol. The molecule has 1 saturated heterocycles. The van der Waals surface area contributed by atoms with Gasteiger partial charge in [-0.05, 0) is 57.4 Å². The molecule has 26 heavy (non-hydrogen) atoms. The van der Waals surface area contributed by atoms with Crippen molar-refractivity contribution in [3.8, 4) is 0 Å². The molecule has 2 heteroatoms. The molecule has 1 aliphatic rings. The van der Waals surface area contributed by atoms with Gasteiger partial charge in [0.05, 0.1) is 6.54 Å². The number of hydrogen-bond acceptors (Lipinski definition) is 2. The molecule has 2 rings (SSSR count). The minimum absolute atomic E-state index is 0.462. The number of nitrogens with one attached hydrogen (secondary N) is 1. The van der Waals surface area contributed by atoms with Gasteiger partial charge in [0.15, 0.2) is 0 Å². The van der Waals surface area contributed by atoms with E-state index in [1.54, 1.807) is 0 Å². The molecule has 0 aliphatic carbocycles. The van der Waals surface area contributed by atoms with Crippen LogP contribution in [0.2, 0.25) is 0 Å². The average Bonchev–Trinajstić information content (AvgIpc) is 2.66. The lowest BCUT2D eigenvalue weighted by Gasteiger charge is -2.39. The van der Waals surface area contributed by atoms with Gasteiger partial charge in [0.2, 0.25) is 0 Å². The van der Waals surface area contributed by atoms with Gasteiger partial charge in [-0.2, -0.15) is 0 Å². The molecule has 1 N–H and O–H groups in total. The summed E-state index contributed by atoms with van der Waals surface area (Å²) < 4.78 is 0. The highest BCUT2D eigenvalue weighted by molar-refractivity contribution is 5.14. The Morgan fingerprint density at radius 1 is 1.08 bits per heavy atom. The van der Waals surface area contributed by atoms with E-state index in [0.717, 1.165) is 25.2 Å². The Balaban J connectivity index is 1.60. The Bertz CT molecular complexity index is 587. The molecule has 2 nitrogen and oxygen atoms in total. The molecule has 1 aliphatic heterocycles. The fourth-order valence-electron chi connectivity index (χ4n) is 3.73. The van der Waals surface area contributed by atoms with Crippen molar-refractivity contribution in [1.29, 1.82) is 0 Å². The van der Waals surface area contributed by atoms with E-state index in [4.69, 9.17) is 0 Å². The third kappa shape index (κ3) is 6.74. The van der Waals surface area contributed by atoms with E-state index in [2.05, 4.69) is 67.2 Å². The summed E-state index contributed by atoms with van der Waals surface area (Å²) in [5, 5.41) is 3.48. The summed E-state index contributed by atoms with van der Waals surface area (Å²) in [5.41, 5.74) is 5.00. The Hall–Kier alpha value is -1.96. The van der Waals surface area contributed by atoms with Gasteiger partial charge in [-0.15, -0.1) is 0 Å². The Morgan fingerprint density at radius 3 is 2.58 bits per heavy atom. The smallest absolute Gasteiger partial charge is 0.0540 e. The summed E-state index contributed by atoms with van der Waals surface area (Å²) in [7, 11) is 0. The summed E-state index contributed by atoms with van der Waals surface area (Å²) in [6.45, 7) is 16.7. The SMILES string of the molecule is C=C(CCCCCc1ccccc1)NCC(=C)N1CCCCC1C(=C)C. The summed E-state index contributed by atoms with van der Waals surface area (Å²) in [6, 6.07) is 11.2. The number of nitrogens with zero attached hydrogens (tertiary/aromatic N) is 1. The molecule has 1 aromatic rings. The molecular formula is C24H36N2. The molecule has 1 unspecified atom stereocenters. The molecule has 0 bridgehead atoms. The van der Waals surface area contributed by atoms with Crippen molar-refractivity contribution in [2.75, 3.05) is 13.1 Å². The molecule has 1 atom stereocenters. The lowest BCUT2D eigenvalue weighted by molar-refractivity contribution is 0.218. The first-order valence-corrected chi connectivity index (χ1v) is 10.1. The molecule has 0 aromatic heterocycles. The summed E-state index contributed by atoms with van der Waals surface area (Å²) >= 11 is 0. The van der Waals surface area contributed by atoms with Crippen LogP contribution in [0.5, 0.6) is 0 Å². The number of rotatable bonds is 11. The van der Waals surface area contributed by atoms with Crippen LogP contribution in [-0.2, 0) is 6.42 Å². The summed E-state index contributed by atoms with van der Waals surface area (Å²) in [4.78, 5) is 2.44. The third-order valence-electron chi connectivity index (χ3n) is 5.31. The van der Waals surface area contributed by atoms with Crippen LogP contribution in [0, 0.1) is 0 Å². The maximum Gasteiger partial charge on any atom is 0.0540 e. The van der Waals surface area contributed by atoms with Gasteiger partial charge in [0, 0.05) is 24.0 Å². The number of unbranched alkanes of at least 4 members (excludes halogenated alkanes) is 2. The first-order chi connectivity index (χ1) is 12.6. The van der Waals surface area contributed by atoms with Crippen LogP contribution in [0.25, 0.3) is 0 Å². The van der Waals surface area contributed by atoms with Gasteiger partial charge in [-0.25, -0.2) is 0 Å². The van der Waals surface area contributed by atoms with Gasteiger partial charge in [-0.3, -0.25) is 0 Å². The zero-order chi connectivity index (χ0) is 18.8. The minimum Gasteiger partial charge on any atom is -0.383 e. The minimum atomic E-state index is 0.462. The van der Waals surface area contributed by atoms with Crippen molar-refractivity contribution in [3.05, 3.63) is 72.6 Å². The lowest BCUT2D eigenvalue weighted by Crippen LogP contribution is -2.41. The maximum absolute atomic E-state index is 4.31. The standard InChI is InChI=1S/C24H36N2/c1-20(2)24-17-11-12-18-26(24)22(4)19-25-21(3)13-7-5-8-14-23-15-9-6-10-16-23/h6,9-10,15-16,24-25H,1,3-5,7-8,11-14,17-19H2,2H3. The number of aryl methyl sites for hydroxylation is 1. The fraction of sp³-hybridized carbons (Fsp3) is 0.500. The maximum atomic E-state index is 4.31. The molecule has 0 spiro atoms. The molecule has 1 fully saturated rings. The molecule has 0 radical (unpaired) electrons. The highest BCUT2D eigenvalue weighted by atomic mass is 15.2. The lowest BCUT2D eigenvalue weighted by atomic mass is 9.96. The first kappa shape index (κ1) is 20.4. The number of piperidine rings is 1. The molecule has 1 heterocycles. The van der Waals surface area contributed by atoms with E-state index in [-0.39, 0.29) is 0 Å². The molecule has 142 valence electrons. The number of benzene rings is 1. The van der Waals surface area contributed by atoms with Crippen LogP contribution in [0.15, 0.2) is 67.0 Å². The Kier molecular flexibility index (Phi) is 8.53. The van der Waals surface area contributed by atoms with Crippen molar-refractivity contribution >= 4 is 0 Å². The highest BCUT2D eigenvalue weighted by Gasteiger charge is 2.23. The van der Waals surface area contributed by atoms with Gasteiger partial charge in [0.1, 0.15) is 0 Å². The van der Waals surface area contributed by atoms with Crippen LogP contribution in [0.3, 0.4) is 0 Å². The molecule has 0 amide bonds. The Labute approximate surface area is 160 Å². The van der Waals surface area contributed by atoms with Crippen molar-refractivity contribution in [2.45, 2.75) is 64.3 Å². The summed E-state index contributed by atoms with van der Waals surface area (Å²) in [6.07, 6.45) is 9.68. The third-order valence-corrected chi connectivity index (χ3v) is 5.31. The summed E-state index contributed by atoms with van der Waals surface area (Å²) in [5.74, 6) is 0. The largest absolute Gasteiger partial charge is 0.383 e. The fourth-order valence-corrected chi connectivity index (χ4v) is 3.73. The van der Waals surface area contributed by atoms with Crippen LogP contribution in [0.4, 0.5) is 0 Å². The highest BCUT2D eigenvalue weighted by Crippen LogP contribution is 2.25. The number of allylic oxidation sites excluding steroid dienone is 1. The van der Waals surface area contributed by atoms with Gasteiger partial charge >= 0.3 is 0 Å². The predicted molar refractivity (Wildman–Crippen MR) is 114 cm³/mol. The zero-order valence-electron chi connectivity index (χ0n) is 16.6. The zero-order valence-corrected chi connectivity index (χ0v) is 16.6. The van der Waals surface area contributed by atoms with Crippen LogP contribution < -0.4 is 5.32 Å². The van der Waals surface area contributed by atoms with Crippen molar-refractivity contribution < 1.29 is 0 Å². The van der Waals surface area contributed by atoms with E-state index in [1.165, 1.54) is 61.8 Å². The predicted octanol–water partition coefficient (Wildman–Crippen LogP) is 5.84. The van der Waals surface area contributed by atoms with Crippen molar-refractivity contribution in [1.82, 2.24) is 10.2 Å². The van der Waals surface area contributed by atoms with E-state index < -0.39 is 0 Å². The van der Waals surface area contributed by atoms with Crippen LogP contribution in [-0.4, -0.2) is 24.0 Å². The second kappa shape index (κ2) is 10.9. The van der Waals surface area contributed by atoms with E-state index in [9.17, 15) is 0 Å². The van der Waals surface area contributed by atoms with Crippen LogP contribution >= 0.6 is 0 Å². The second-order valence-electron chi connectivity index (χ2n) is 7.62. The number of likely N-dealkylation sites (tertiary alicyclic amines) is 1. The Morgan fingerprint density at radius 2 is 1.85 bits per heavy atom. The molecule has 0 saturated carbocycles. The normalized spacial score (nSPS) is 17.0. The van der Waals surface area contributed by atoms with Crippen molar-refractivity contribution in [3.63, 3.8) is 0 Å². The van der Waals surface area contributed by atoms with E-state index >= 15 is 0 Å². The quantitative estimate of drug-likeness (QED) is 0.398. The first-order valence-electron chi connectivity index (χ1n) is 10.1. The van der Waals surface area contributed by atoms with E-state index in [1.807, 2.05) is 0 Å². The van der Waals surface area contributed by atoms with E-state index in [0.29, 0.717) is 6.04 Å². The topological polar surface area (TPSA) is 15.3 Å². The van der Waals surface area contributed by atoms with Crippen LogP contribution in [0.1, 0.15) is 57.4 Å².